The highest BCUT2D eigenvalue weighted by Crippen LogP contribution is 2.40. The second-order valence-corrected chi connectivity index (χ2v) is 9.58. The largest absolute Gasteiger partial charge is 0.321 e. The fraction of sp³-hybridized carbons (Fsp3) is 0.154. The Hall–Kier alpha value is -3.05. The molecule has 0 spiro atoms. The van der Waals surface area contributed by atoms with Crippen molar-refractivity contribution in [3.8, 4) is 0 Å². The Morgan fingerprint density at radius 2 is 1.84 bits per heavy atom. The van der Waals surface area contributed by atoms with E-state index in [0.29, 0.717) is 0 Å². The minimum absolute atomic E-state index is 0.0423. The molecule has 5 heteroatoms. The fourth-order valence-corrected chi connectivity index (χ4v) is 5.32. The second kappa shape index (κ2) is 7.58. The van der Waals surface area contributed by atoms with Crippen molar-refractivity contribution in [3.63, 3.8) is 0 Å². The first kappa shape index (κ1) is 18.7. The summed E-state index contributed by atoms with van der Waals surface area (Å²) in [6, 6.07) is 23.1. The molecule has 150 valence electrons. The van der Waals surface area contributed by atoms with Crippen molar-refractivity contribution in [3.05, 3.63) is 101 Å². The number of anilines is 1. The van der Waals surface area contributed by atoms with Crippen LogP contribution in [0.25, 0.3) is 0 Å². The van der Waals surface area contributed by atoms with Gasteiger partial charge in [-0.3, -0.25) is 9.79 Å². The molecule has 0 bridgehead atoms. The highest BCUT2D eigenvalue weighted by atomic mass is 32.2. The summed E-state index contributed by atoms with van der Waals surface area (Å²) in [6.07, 6.45) is 5.52. The predicted octanol–water partition coefficient (Wildman–Crippen LogP) is 5.56. The maximum Gasteiger partial charge on any atom is 0.256 e. The van der Waals surface area contributed by atoms with E-state index in [9.17, 15) is 4.79 Å². The second-order valence-electron chi connectivity index (χ2n) is 8.50. The zero-order valence-corrected chi connectivity index (χ0v) is 17.9. The standard InChI is InChI=1S/C26H21BN2OS/c30-26-21-3-1-2-4-23(21)31-24-12-5-16(14-22(24)29-26)13-20-15-28-25(27-20)19-10-8-18(9-11-19)17-6-7-17/h1-5,8-12,14-15,17,27H,6-7,13H2,(H,29,30). The van der Waals surface area contributed by atoms with E-state index < -0.39 is 0 Å². The first-order valence-electron chi connectivity index (χ1n) is 10.8. The fourth-order valence-electron chi connectivity index (χ4n) is 4.31. The number of benzene rings is 3. The Bertz CT molecular complexity index is 1260. The van der Waals surface area contributed by atoms with Crippen molar-refractivity contribution in [1.29, 1.82) is 0 Å². The summed E-state index contributed by atoms with van der Waals surface area (Å²) in [7, 11) is 0.881. The third kappa shape index (κ3) is 3.74. The van der Waals surface area contributed by atoms with Crippen LogP contribution < -0.4 is 5.32 Å². The lowest BCUT2D eigenvalue weighted by Crippen LogP contribution is -2.12. The third-order valence-electron chi connectivity index (χ3n) is 6.17. The molecule has 3 nitrogen and oxygen atoms in total. The van der Waals surface area contributed by atoms with Gasteiger partial charge in [0.05, 0.1) is 11.3 Å². The number of amides is 1. The van der Waals surface area contributed by atoms with Crippen LogP contribution in [0.2, 0.25) is 0 Å². The van der Waals surface area contributed by atoms with Crippen LogP contribution in [0.1, 0.15) is 45.8 Å². The van der Waals surface area contributed by atoms with Crippen molar-refractivity contribution in [1.82, 2.24) is 0 Å². The van der Waals surface area contributed by atoms with Gasteiger partial charge in [0, 0.05) is 21.6 Å². The van der Waals surface area contributed by atoms with Crippen LogP contribution in [0.5, 0.6) is 0 Å². The van der Waals surface area contributed by atoms with Crippen molar-refractivity contribution in [2.45, 2.75) is 35.0 Å². The minimum atomic E-state index is -0.0423. The Labute approximate surface area is 186 Å². The average molecular weight is 420 g/mol. The molecule has 1 fully saturated rings. The van der Waals surface area contributed by atoms with Crippen molar-refractivity contribution in [2.24, 2.45) is 4.99 Å². The lowest BCUT2D eigenvalue weighted by Gasteiger charge is -2.10. The van der Waals surface area contributed by atoms with Crippen molar-refractivity contribution in [2.75, 3.05) is 5.32 Å². The topological polar surface area (TPSA) is 41.5 Å². The van der Waals surface area contributed by atoms with Crippen LogP contribution in [0.3, 0.4) is 0 Å². The van der Waals surface area contributed by atoms with E-state index in [0.717, 1.165) is 46.3 Å². The number of aliphatic imine (C=N–C) groups is 1. The van der Waals surface area contributed by atoms with Gasteiger partial charge in [-0.1, -0.05) is 59.7 Å². The summed E-state index contributed by atoms with van der Waals surface area (Å²) in [6.45, 7) is 0. The summed E-state index contributed by atoms with van der Waals surface area (Å²) < 4.78 is 0. The normalized spacial score (nSPS) is 17.0. The molecule has 1 saturated carbocycles. The molecule has 0 unspecified atom stereocenters. The van der Waals surface area contributed by atoms with E-state index in [2.05, 4.69) is 47.8 Å². The molecule has 0 aromatic heterocycles. The van der Waals surface area contributed by atoms with Gasteiger partial charge >= 0.3 is 0 Å². The number of allylic oxidation sites excluding steroid dienone is 1. The molecule has 3 aliphatic rings. The van der Waals surface area contributed by atoms with Gasteiger partial charge in [0.2, 0.25) is 7.28 Å². The van der Waals surface area contributed by atoms with E-state index in [-0.39, 0.29) is 5.91 Å². The zero-order valence-electron chi connectivity index (χ0n) is 17.1. The first-order chi connectivity index (χ1) is 15.2. The molecule has 3 aromatic rings. The quantitative estimate of drug-likeness (QED) is 0.562. The zero-order chi connectivity index (χ0) is 20.8. The molecule has 1 amide bonds. The number of nitrogens with one attached hydrogen (secondary N) is 1. The molecule has 1 N–H and O–H groups in total. The van der Waals surface area contributed by atoms with Crippen LogP contribution in [-0.2, 0) is 6.42 Å². The average Bonchev–Trinajstić information content (AvgIpc) is 3.56. The third-order valence-corrected chi connectivity index (χ3v) is 7.32. The van der Waals surface area contributed by atoms with Crippen LogP contribution in [0.4, 0.5) is 5.69 Å². The molecule has 2 aliphatic heterocycles. The number of carbonyl (C=O) groups excluding carboxylic acids is 1. The van der Waals surface area contributed by atoms with Crippen molar-refractivity contribution < 1.29 is 4.79 Å². The molecule has 1 aliphatic carbocycles. The molecule has 2 heterocycles. The van der Waals surface area contributed by atoms with E-state index in [4.69, 9.17) is 4.99 Å². The van der Waals surface area contributed by atoms with Gasteiger partial charge in [-0.25, -0.2) is 0 Å². The summed E-state index contributed by atoms with van der Waals surface area (Å²) in [5.41, 5.74) is 7.94. The molecule has 3 aromatic carbocycles. The number of fused-ring (bicyclic) bond motifs is 2. The van der Waals surface area contributed by atoms with Crippen LogP contribution in [0, 0.1) is 0 Å². The SMILES string of the molecule is O=C1Nc2cc(CC3=CN=C(c4ccc(C5CC5)cc4)B3)ccc2Sc2ccccc21. The molecule has 6 rings (SSSR count). The van der Waals surface area contributed by atoms with Gasteiger partial charge in [0.1, 0.15) is 0 Å². The molecular formula is C26H21BN2OS. The number of nitrogens with zero attached hydrogens (tertiary/aromatic N) is 1. The summed E-state index contributed by atoms with van der Waals surface area (Å²) >= 11 is 1.64. The van der Waals surface area contributed by atoms with Crippen LogP contribution >= 0.6 is 11.8 Å². The Morgan fingerprint density at radius 3 is 2.68 bits per heavy atom. The minimum Gasteiger partial charge on any atom is -0.321 e. The van der Waals surface area contributed by atoms with Crippen LogP contribution in [0.15, 0.2) is 93.2 Å². The van der Waals surface area contributed by atoms with E-state index in [1.54, 1.807) is 11.8 Å². The molecular weight excluding hydrogens is 399 g/mol. The Balaban J connectivity index is 1.16. The van der Waals surface area contributed by atoms with E-state index in [1.165, 1.54) is 35.0 Å². The maximum atomic E-state index is 12.6. The van der Waals surface area contributed by atoms with Gasteiger partial charge in [-0.2, -0.15) is 0 Å². The van der Waals surface area contributed by atoms with Gasteiger partial charge < -0.3 is 5.32 Å². The molecule has 0 radical (unpaired) electrons. The molecule has 0 atom stereocenters. The predicted molar refractivity (Wildman–Crippen MR) is 129 cm³/mol. The number of rotatable bonds is 4. The number of hydrogen-bond acceptors (Lipinski definition) is 3. The summed E-state index contributed by atoms with van der Waals surface area (Å²) in [4.78, 5) is 19.4. The highest BCUT2D eigenvalue weighted by molar-refractivity contribution is 7.99. The lowest BCUT2D eigenvalue weighted by molar-refractivity contribution is 0.102. The van der Waals surface area contributed by atoms with Gasteiger partial charge in [0.15, 0.2) is 0 Å². The monoisotopic (exact) mass is 420 g/mol. The van der Waals surface area contributed by atoms with Crippen LogP contribution in [-0.4, -0.2) is 18.8 Å². The lowest BCUT2D eigenvalue weighted by atomic mass is 9.63. The highest BCUT2D eigenvalue weighted by Gasteiger charge is 2.24. The Morgan fingerprint density at radius 1 is 1.00 bits per heavy atom. The number of carbonyl (C=O) groups is 1. The summed E-state index contributed by atoms with van der Waals surface area (Å²) in [5, 5.41) is 3.09. The van der Waals surface area contributed by atoms with E-state index >= 15 is 0 Å². The Kier molecular flexibility index (Phi) is 4.57. The van der Waals surface area contributed by atoms with Gasteiger partial charge in [0.25, 0.3) is 5.91 Å². The smallest absolute Gasteiger partial charge is 0.256 e. The molecule has 0 saturated heterocycles. The molecule has 31 heavy (non-hydrogen) atoms. The first-order valence-corrected chi connectivity index (χ1v) is 11.6. The van der Waals surface area contributed by atoms with Gasteiger partial charge in [-0.05, 0) is 66.1 Å². The summed E-state index contributed by atoms with van der Waals surface area (Å²) in [5.74, 6) is 0.743. The number of hydrogen-bond donors (Lipinski definition) is 1. The maximum absolute atomic E-state index is 12.6. The van der Waals surface area contributed by atoms with Crippen molar-refractivity contribution >= 4 is 36.2 Å². The van der Waals surface area contributed by atoms with E-state index in [1.807, 2.05) is 30.5 Å². The van der Waals surface area contributed by atoms with Gasteiger partial charge in [-0.15, -0.1) is 0 Å².